The van der Waals surface area contributed by atoms with E-state index in [0.717, 1.165) is 90.0 Å². The number of nitrogens with zero attached hydrogens (tertiary/aromatic N) is 6. The number of nitrogens with two attached hydrogens (primary N) is 1. The second-order valence-corrected chi connectivity index (χ2v) is 17.1. The highest BCUT2D eigenvalue weighted by Crippen LogP contribution is 2.35. The molecule has 4 aromatic heterocycles. The fourth-order valence-corrected chi connectivity index (χ4v) is 8.35. The summed E-state index contributed by atoms with van der Waals surface area (Å²) in [5.74, 6) is 1.16. The van der Waals surface area contributed by atoms with Gasteiger partial charge in [0.2, 0.25) is 11.9 Å². The topological polar surface area (TPSA) is 150 Å². The highest BCUT2D eigenvalue weighted by Gasteiger charge is 2.27. The summed E-state index contributed by atoms with van der Waals surface area (Å²) in [5.41, 5.74) is 11.3. The highest BCUT2D eigenvalue weighted by atomic mass is 35.5. The number of ether oxygens (including phenoxy) is 1. The fourth-order valence-electron chi connectivity index (χ4n) is 7.96. The minimum atomic E-state index is -0.508. The molecule has 0 aliphatic heterocycles. The number of rotatable bonds is 7. The first-order chi connectivity index (χ1) is 27.3. The van der Waals surface area contributed by atoms with Crippen LogP contribution in [0.1, 0.15) is 72.1 Å². The zero-order valence-electron chi connectivity index (χ0n) is 34.0. The van der Waals surface area contributed by atoms with Gasteiger partial charge < -0.3 is 35.6 Å². The number of carbonyl (C=O) groups is 1. The number of alkyl carbamates (subject to hydrolysis) is 1. The molecule has 2 aliphatic carbocycles. The predicted molar refractivity (Wildman–Crippen MR) is 245 cm³/mol. The number of anilines is 2. The van der Waals surface area contributed by atoms with Crippen molar-refractivity contribution in [1.82, 2.24) is 34.4 Å². The van der Waals surface area contributed by atoms with Gasteiger partial charge in [-0.1, -0.05) is 59.6 Å². The summed E-state index contributed by atoms with van der Waals surface area (Å²) in [6, 6.07) is 17.2. The zero-order chi connectivity index (χ0) is 40.3. The molecule has 5 N–H and O–H groups in total. The van der Waals surface area contributed by atoms with Crippen LogP contribution in [0.2, 0.25) is 10.0 Å². The largest absolute Gasteiger partial charge is 0.444 e. The van der Waals surface area contributed by atoms with Crippen LogP contribution >= 0.6 is 48.0 Å². The lowest BCUT2D eigenvalue weighted by atomic mass is 9.91. The third-order valence-corrected chi connectivity index (χ3v) is 11.1. The van der Waals surface area contributed by atoms with Gasteiger partial charge in [0.1, 0.15) is 5.60 Å². The predicted octanol–water partition coefficient (Wildman–Crippen LogP) is 10.4. The van der Waals surface area contributed by atoms with Gasteiger partial charge in [0.05, 0.1) is 33.8 Å². The molecule has 0 radical (unpaired) electrons. The van der Waals surface area contributed by atoms with Crippen LogP contribution in [-0.4, -0.2) is 64.9 Å². The van der Waals surface area contributed by atoms with Crippen molar-refractivity contribution in [1.29, 1.82) is 0 Å². The van der Waals surface area contributed by atoms with E-state index in [0.29, 0.717) is 33.7 Å². The molecule has 2 aromatic carbocycles. The minimum Gasteiger partial charge on any atom is -0.444 e. The van der Waals surface area contributed by atoms with Crippen LogP contribution in [0.25, 0.3) is 44.3 Å². The first kappa shape index (κ1) is 45.7. The fraction of sp³-hybridized carbons (Fsp3) is 0.419. The molecular weight excluding hydrogens is 830 g/mol. The summed E-state index contributed by atoms with van der Waals surface area (Å²) in [6.07, 6.45) is 15.1. The molecule has 2 aliphatic rings. The van der Waals surface area contributed by atoms with Crippen LogP contribution in [-0.2, 0) is 18.8 Å². The molecule has 2 saturated carbocycles. The first-order valence-corrected chi connectivity index (χ1v) is 20.5. The molecular formula is C43H54Cl4N10O2. The van der Waals surface area contributed by atoms with Gasteiger partial charge in [-0.25, -0.2) is 24.7 Å². The average molecular weight is 885 g/mol. The molecule has 8 rings (SSSR count). The first-order valence-electron chi connectivity index (χ1n) is 19.7. The molecule has 0 unspecified atom stereocenters. The third-order valence-electron chi connectivity index (χ3n) is 10.6. The van der Waals surface area contributed by atoms with Gasteiger partial charge >= 0.3 is 6.09 Å². The summed E-state index contributed by atoms with van der Waals surface area (Å²) in [7, 11) is 4.05. The van der Waals surface area contributed by atoms with Crippen LogP contribution < -0.4 is 21.7 Å². The Hall–Kier alpha value is -4.33. The van der Waals surface area contributed by atoms with Crippen molar-refractivity contribution in [2.45, 2.75) is 102 Å². The number of hydrogen-bond donors (Lipinski definition) is 4. The van der Waals surface area contributed by atoms with Gasteiger partial charge in [0.25, 0.3) is 0 Å². The van der Waals surface area contributed by atoms with Crippen LogP contribution in [0.4, 0.5) is 16.7 Å². The number of halogens is 4. The Balaban J connectivity index is 0.000000223. The molecule has 59 heavy (non-hydrogen) atoms. The lowest BCUT2D eigenvalue weighted by molar-refractivity contribution is 0.0492. The van der Waals surface area contributed by atoms with Crippen molar-refractivity contribution in [3.8, 4) is 22.5 Å². The summed E-state index contributed by atoms with van der Waals surface area (Å²) in [6.45, 7) is 5.59. The molecule has 0 bridgehead atoms. The molecule has 0 saturated heterocycles. The Kier molecular flexibility index (Phi) is 15.4. The van der Waals surface area contributed by atoms with E-state index in [1.54, 1.807) is 12.4 Å². The number of benzene rings is 2. The Labute approximate surface area is 368 Å². The van der Waals surface area contributed by atoms with Gasteiger partial charge in [-0.15, -0.1) is 24.8 Å². The summed E-state index contributed by atoms with van der Waals surface area (Å²) in [5, 5.41) is 13.2. The van der Waals surface area contributed by atoms with Crippen molar-refractivity contribution >= 4 is 87.8 Å². The van der Waals surface area contributed by atoms with Crippen LogP contribution in [0.15, 0.2) is 73.3 Å². The maximum absolute atomic E-state index is 12.1. The third kappa shape index (κ3) is 11.3. The van der Waals surface area contributed by atoms with Crippen LogP contribution in [0, 0.1) is 0 Å². The van der Waals surface area contributed by atoms with Crippen LogP contribution in [0.3, 0.4) is 0 Å². The van der Waals surface area contributed by atoms with Gasteiger partial charge in [0, 0.05) is 83.6 Å². The minimum absolute atomic E-state index is 0. The normalized spacial score (nSPS) is 19.1. The molecule has 4 heterocycles. The lowest BCUT2D eigenvalue weighted by Gasteiger charge is -2.31. The maximum Gasteiger partial charge on any atom is 0.407 e. The number of carbonyl (C=O) groups excluding carboxylic acids is 1. The number of fused-ring (bicyclic) bond motifs is 2. The van der Waals surface area contributed by atoms with Crippen LogP contribution in [0.5, 0.6) is 0 Å². The second-order valence-electron chi connectivity index (χ2n) is 16.2. The molecule has 6 aromatic rings. The molecule has 0 spiro atoms. The SMILES string of the molecule is Cl.Cl.Cn1cc(-c2nc(N[C@@H]3CCC[C@H](N)C3)ncc2Cl)c2ccccc21.Cn1cc(-c2nc(N[C@@H]3CCC[C@H](NC(=O)OC(C)(C)C)C3)ncc2Cl)c2ccccc21. The standard InChI is InChI=1S/C24H30ClN5O2.C19H22ClN5.2ClH/c1-24(2,3)32-23(31)28-16-9-7-8-15(12-16)27-22-26-13-19(25)21(29-22)18-14-30(4)20-11-6-5-10-17(18)20;1-25-11-15(14-7-2-3-8-17(14)25)18-16(20)10-22-19(24-18)23-13-6-4-5-12(21)9-13;;/h5-6,10-11,13-16H,7-9,12H2,1-4H3,(H,28,31)(H,26,27,29);2-3,7-8,10-13H,4-6,9,21H2,1H3,(H,22,23,24);2*1H/t15-,16+;12-,13+;;/m10../s1. The van der Waals surface area contributed by atoms with Gasteiger partial charge in [-0.05, 0) is 84.3 Å². The number of amides is 1. The Morgan fingerprint density at radius 3 is 1.68 bits per heavy atom. The Bertz CT molecular complexity index is 2360. The number of aryl methyl sites for hydroxylation is 2. The molecule has 16 heteroatoms. The molecule has 2 fully saturated rings. The van der Waals surface area contributed by atoms with Crippen molar-refractivity contribution in [2.24, 2.45) is 19.8 Å². The van der Waals surface area contributed by atoms with Crippen molar-refractivity contribution < 1.29 is 9.53 Å². The van der Waals surface area contributed by atoms with Gasteiger partial charge in [0.15, 0.2) is 0 Å². The smallest absolute Gasteiger partial charge is 0.407 e. The van der Waals surface area contributed by atoms with E-state index in [2.05, 4.69) is 65.5 Å². The summed E-state index contributed by atoms with van der Waals surface area (Å²) >= 11 is 12.9. The van der Waals surface area contributed by atoms with E-state index < -0.39 is 5.60 Å². The number of aromatic nitrogens is 6. The van der Waals surface area contributed by atoms with E-state index in [1.165, 1.54) is 0 Å². The number of nitrogens with one attached hydrogen (secondary N) is 3. The summed E-state index contributed by atoms with van der Waals surface area (Å²) < 4.78 is 9.56. The number of para-hydroxylation sites is 2. The lowest BCUT2D eigenvalue weighted by Crippen LogP contribution is -2.44. The molecule has 12 nitrogen and oxygen atoms in total. The second kappa shape index (κ2) is 19.8. The molecule has 1 amide bonds. The molecule has 316 valence electrons. The maximum atomic E-state index is 12.1. The van der Waals surface area contributed by atoms with E-state index in [-0.39, 0.29) is 49.0 Å². The Morgan fingerprint density at radius 1 is 0.729 bits per heavy atom. The van der Waals surface area contributed by atoms with Crippen molar-refractivity contribution in [3.63, 3.8) is 0 Å². The number of hydrogen-bond acceptors (Lipinski definition) is 9. The van der Waals surface area contributed by atoms with Crippen molar-refractivity contribution in [3.05, 3.63) is 83.4 Å². The quantitative estimate of drug-likeness (QED) is 0.123. The van der Waals surface area contributed by atoms with Gasteiger partial charge in [-0.2, -0.15) is 0 Å². The Morgan fingerprint density at radius 2 is 1.19 bits per heavy atom. The van der Waals surface area contributed by atoms with E-state index in [4.69, 9.17) is 43.6 Å². The van der Waals surface area contributed by atoms with E-state index >= 15 is 0 Å². The molecule has 4 atom stereocenters. The monoisotopic (exact) mass is 882 g/mol. The van der Waals surface area contributed by atoms with E-state index in [1.807, 2.05) is 65.3 Å². The summed E-state index contributed by atoms with van der Waals surface area (Å²) in [4.78, 5) is 30.4. The zero-order valence-corrected chi connectivity index (χ0v) is 37.2. The van der Waals surface area contributed by atoms with Crippen molar-refractivity contribution in [2.75, 3.05) is 10.6 Å². The highest BCUT2D eigenvalue weighted by molar-refractivity contribution is 6.33. The average Bonchev–Trinajstić information content (AvgIpc) is 3.69. The van der Waals surface area contributed by atoms with Gasteiger partial charge in [-0.3, -0.25) is 0 Å². The van der Waals surface area contributed by atoms with E-state index in [9.17, 15) is 4.79 Å².